The molecule has 0 atom stereocenters. The van der Waals surface area contributed by atoms with E-state index in [1.807, 2.05) is 98.2 Å². The predicted molar refractivity (Wildman–Crippen MR) is 182 cm³/mol. The fourth-order valence-electron chi connectivity index (χ4n) is 5.73. The van der Waals surface area contributed by atoms with Gasteiger partial charge >= 0.3 is 0 Å². The van der Waals surface area contributed by atoms with Crippen LogP contribution in [0.1, 0.15) is 57.4 Å². The van der Waals surface area contributed by atoms with Crippen molar-refractivity contribution in [3.63, 3.8) is 0 Å². The van der Waals surface area contributed by atoms with Gasteiger partial charge in [0.1, 0.15) is 0 Å². The summed E-state index contributed by atoms with van der Waals surface area (Å²) in [6, 6.07) is 27.0. The van der Waals surface area contributed by atoms with Crippen LogP contribution in [0.25, 0.3) is 60.6 Å². The number of nitrogens with zero attached hydrogens (tertiary/aromatic N) is 5. The summed E-state index contributed by atoms with van der Waals surface area (Å²) in [6.07, 6.45) is 9.99. The van der Waals surface area contributed by atoms with Crippen LogP contribution in [0.3, 0.4) is 0 Å². The average molecular weight is 584 g/mol. The van der Waals surface area contributed by atoms with Crippen LogP contribution in [0, 0.1) is 0 Å². The van der Waals surface area contributed by atoms with Gasteiger partial charge in [-0.05, 0) is 54.8 Å². The fourth-order valence-corrected chi connectivity index (χ4v) is 7.04. The van der Waals surface area contributed by atoms with Gasteiger partial charge in [0, 0.05) is 43.9 Å². The lowest BCUT2D eigenvalue weighted by molar-refractivity contribution is 0.700. The molecule has 0 amide bonds. The second kappa shape index (κ2) is 12.8. The molecule has 43 heavy (non-hydrogen) atoms. The summed E-state index contributed by atoms with van der Waals surface area (Å²) in [5.74, 6) is 1.93. The van der Waals surface area contributed by atoms with Crippen molar-refractivity contribution in [1.29, 1.82) is 0 Å². The van der Waals surface area contributed by atoms with Crippen LogP contribution < -0.4 is 0 Å². The SMILES string of the molecule is CC.CCC.c1ccc(-c2nc(-c3ccccc3)nc(-n3c4ccncc4c4cc5c6c(sc5cc43)CCCC6)n2)cc1. The number of hydrogen-bond acceptors (Lipinski definition) is 5. The first-order valence-corrected chi connectivity index (χ1v) is 16.3. The van der Waals surface area contributed by atoms with Gasteiger partial charge in [0.25, 0.3) is 0 Å². The molecule has 0 saturated carbocycles. The number of pyridine rings is 1. The zero-order valence-corrected chi connectivity index (χ0v) is 26.2. The smallest absolute Gasteiger partial charge is 0.238 e. The highest BCUT2D eigenvalue weighted by Gasteiger charge is 2.21. The molecule has 1 aliphatic carbocycles. The van der Waals surface area contributed by atoms with Gasteiger partial charge in [-0.2, -0.15) is 9.97 Å². The summed E-state index contributed by atoms with van der Waals surface area (Å²) in [5, 5.41) is 3.70. The van der Waals surface area contributed by atoms with Crippen molar-refractivity contribution in [2.75, 3.05) is 0 Å². The van der Waals surface area contributed by atoms with E-state index >= 15 is 0 Å². The lowest BCUT2D eigenvalue weighted by Gasteiger charge is -2.11. The Morgan fingerprint density at radius 2 is 1.33 bits per heavy atom. The molecule has 0 unspecified atom stereocenters. The second-order valence-corrected chi connectivity index (χ2v) is 11.7. The predicted octanol–water partition coefficient (Wildman–Crippen LogP) is 10.2. The minimum absolute atomic E-state index is 0.615. The number of benzene rings is 3. The van der Waals surface area contributed by atoms with Gasteiger partial charge in [0.05, 0.1) is 11.0 Å². The number of aromatic nitrogens is 5. The first kappa shape index (κ1) is 28.7. The van der Waals surface area contributed by atoms with Gasteiger partial charge < -0.3 is 0 Å². The zero-order valence-electron chi connectivity index (χ0n) is 25.3. The molecule has 0 aliphatic heterocycles. The molecule has 0 fully saturated rings. The molecule has 0 saturated heterocycles. The maximum atomic E-state index is 5.04. The third-order valence-electron chi connectivity index (χ3n) is 7.53. The van der Waals surface area contributed by atoms with Crippen molar-refractivity contribution in [2.45, 2.75) is 59.8 Å². The first-order chi connectivity index (χ1) is 21.2. The molecule has 3 aromatic carbocycles. The maximum Gasteiger partial charge on any atom is 0.238 e. The van der Waals surface area contributed by atoms with Crippen LogP contribution in [0.4, 0.5) is 0 Å². The lowest BCUT2D eigenvalue weighted by Crippen LogP contribution is -2.06. The number of aryl methyl sites for hydroxylation is 2. The van der Waals surface area contributed by atoms with E-state index < -0.39 is 0 Å². The molecule has 1 aliphatic rings. The molecule has 4 aromatic heterocycles. The molecule has 0 N–H and O–H groups in total. The van der Waals surface area contributed by atoms with Crippen molar-refractivity contribution in [3.05, 3.63) is 102 Å². The van der Waals surface area contributed by atoms with Crippen LogP contribution in [0.5, 0.6) is 0 Å². The van der Waals surface area contributed by atoms with Crippen molar-refractivity contribution in [3.8, 4) is 28.7 Å². The summed E-state index contributed by atoms with van der Waals surface area (Å²) >= 11 is 1.95. The third kappa shape index (κ3) is 5.43. The number of rotatable bonds is 3. The van der Waals surface area contributed by atoms with Gasteiger partial charge in [-0.3, -0.25) is 9.55 Å². The van der Waals surface area contributed by atoms with Crippen LogP contribution in [0.2, 0.25) is 0 Å². The van der Waals surface area contributed by atoms with E-state index in [1.54, 1.807) is 10.4 Å². The summed E-state index contributed by atoms with van der Waals surface area (Å²) in [5.41, 5.74) is 5.61. The Balaban J connectivity index is 0.000000622. The number of hydrogen-bond donors (Lipinski definition) is 0. The first-order valence-electron chi connectivity index (χ1n) is 15.4. The van der Waals surface area contributed by atoms with Gasteiger partial charge in [0.2, 0.25) is 5.95 Å². The van der Waals surface area contributed by atoms with Crippen molar-refractivity contribution in [2.24, 2.45) is 0 Å². The standard InChI is InChI=1S/C32H23N5S.C3H8.C2H6/c1-3-9-20(10-4-1)30-34-31(21-11-5-2-6-12-21)36-32(35-30)37-26-15-16-33-19-25(26)23-17-24-22-13-7-8-14-28(22)38-29(24)18-27(23)37;1-3-2;1-2/h1-6,9-12,15-19H,7-8,13-14H2;3H2,1-2H3;1-2H3. The van der Waals surface area contributed by atoms with Gasteiger partial charge in [-0.25, -0.2) is 4.98 Å². The number of fused-ring (bicyclic) bond motifs is 6. The van der Waals surface area contributed by atoms with Crippen LogP contribution in [-0.2, 0) is 12.8 Å². The lowest BCUT2D eigenvalue weighted by atomic mass is 9.96. The molecule has 0 spiro atoms. The quantitative estimate of drug-likeness (QED) is 0.208. The molecule has 216 valence electrons. The van der Waals surface area contributed by atoms with Crippen molar-refractivity contribution < 1.29 is 0 Å². The molecule has 0 radical (unpaired) electrons. The highest BCUT2D eigenvalue weighted by molar-refractivity contribution is 7.19. The largest absolute Gasteiger partial charge is 0.278 e. The Hall–Kier alpha value is -4.42. The summed E-state index contributed by atoms with van der Waals surface area (Å²) < 4.78 is 3.52. The molecular weight excluding hydrogens is 547 g/mol. The van der Waals surface area contributed by atoms with E-state index in [1.165, 1.54) is 47.6 Å². The van der Waals surface area contributed by atoms with Crippen LogP contribution in [0.15, 0.2) is 91.3 Å². The highest BCUT2D eigenvalue weighted by Crippen LogP contribution is 2.41. The number of thiophene rings is 1. The molecule has 8 rings (SSSR count). The minimum atomic E-state index is 0.615. The molecular formula is C37H37N5S. The van der Waals surface area contributed by atoms with E-state index in [4.69, 9.17) is 15.0 Å². The van der Waals surface area contributed by atoms with E-state index in [9.17, 15) is 0 Å². The second-order valence-electron chi connectivity index (χ2n) is 10.5. The van der Waals surface area contributed by atoms with E-state index in [-0.39, 0.29) is 0 Å². The monoisotopic (exact) mass is 583 g/mol. The van der Waals surface area contributed by atoms with Gasteiger partial charge in [0.15, 0.2) is 11.6 Å². The summed E-state index contributed by atoms with van der Waals surface area (Å²) in [7, 11) is 0. The fraction of sp³-hybridized carbons (Fsp3) is 0.243. The zero-order chi connectivity index (χ0) is 29.8. The van der Waals surface area contributed by atoms with Gasteiger partial charge in [-0.1, -0.05) is 94.8 Å². The maximum absolute atomic E-state index is 5.04. The van der Waals surface area contributed by atoms with Gasteiger partial charge in [-0.15, -0.1) is 11.3 Å². The Kier molecular flexibility index (Phi) is 8.57. The van der Waals surface area contributed by atoms with E-state index in [2.05, 4.69) is 41.6 Å². The Morgan fingerprint density at radius 1 is 0.698 bits per heavy atom. The average Bonchev–Trinajstić information content (AvgIpc) is 3.60. The Morgan fingerprint density at radius 3 is 1.98 bits per heavy atom. The van der Waals surface area contributed by atoms with E-state index in [0.717, 1.165) is 27.5 Å². The minimum Gasteiger partial charge on any atom is -0.278 e. The van der Waals surface area contributed by atoms with E-state index in [0.29, 0.717) is 17.6 Å². The normalized spacial score (nSPS) is 12.4. The third-order valence-corrected chi connectivity index (χ3v) is 8.79. The Bertz CT molecular complexity index is 1930. The molecule has 0 bridgehead atoms. The summed E-state index contributed by atoms with van der Waals surface area (Å²) in [4.78, 5) is 21.0. The van der Waals surface area contributed by atoms with Crippen molar-refractivity contribution in [1.82, 2.24) is 24.5 Å². The molecule has 7 aromatic rings. The highest BCUT2D eigenvalue weighted by atomic mass is 32.1. The Labute approximate surface area is 257 Å². The van der Waals surface area contributed by atoms with Crippen molar-refractivity contribution >= 4 is 43.2 Å². The topological polar surface area (TPSA) is 56.5 Å². The van der Waals surface area contributed by atoms with Crippen LogP contribution in [-0.4, -0.2) is 24.5 Å². The molecule has 4 heterocycles. The van der Waals surface area contributed by atoms with Crippen LogP contribution >= 0.6 is 11.3 Å². The summed E-state index contributed by atoms with van der Waals surface area (Å²) in [6.45, 7) is 8.25. The molecule has 5 nitrogen and oxygen atoms in total. The molecule has 6 heteroatoms.